The SMILES string of the molecule is CCS(=O)(=O)CCn1ccnc1C1CCN(C(=S)NCCC2=CCCCC2)CC1. The van der Waals surface area contributed by atoms with E-state index in [0.717, 1.165) is 49.8 Å². The fourth-order valence-corrected chi connectivity index (χ4v) is 5.21. The van der Waals surface area contributed by atoms with Gasteiger partial charge in [0.15, 0.2) is 14.9 Å². The molecule has 0 radical (unpaired) electrons. The van der Waals surface area contributed by atoms with Gasteiger partial charge in [0.05, 0.1) is 5.75 Å². The highest BCUT2D eigenvalue weighted by atomic mass is 32.2. The molecule has 1 aromatic rings. The Hall–Kier alpha value is -1.41. The average Bonchev–Trinajstić information content (AvgIpc) is 3.22. The number of likely N-dealkylation sites (tertiary alicyclic amines) is 1. The van der Waals surface area contributed by atoms with Crippen LogP contribution in [0.4, 0.5) is 0 Å². The lowest BCUT2D eigenvalue weighted by atomic mass is 9.96. The molecular weight excluding hydrogens is 404 g/mol. The molecule has 3 rings (SSSR count). The van der Waals surface area contributed by atoms with Crippen molar-refractivity contribution < 1.29 is 8.42 Å². The van der Waals surface area contributed by atoms with Crippen molar-refractivity contribution in [2.45, 2.75) is 64.3 Å². The predicted octanol–water partition coefficient (Wildman–Crippen LogP) is 3.26. The van der Waals surface area contributed by atoms with Gasteiger partial charge in [-0.15, -0.1) is 0 Å². The molecule has 0 aromatic carbocycles. The van der Waals surface area contributed by atoms with Crippen molar-refractivity contribution in [1.29, 1.82) is 0 Å². The summed E-state index contributed by atoms with van der Waals surface area (Å²) in [6.45, 7) is 4.93. The first-order valence-electron chi connectivity index (χ1n) is 10.9. The van der Waals surface area contributed by atoms with Crippen LogP contribution >= 0.6 is 12.2 Å². The highest BCUT2D eigenvalue weighted by Crippen LogP contribution is 2.27. The molecule has 1 fully saturated rings. The molecule has 1 aliphatic carbocycles. The molecule has 29 heavy (non-hydrogen) atoms. The van der Waals surface area contributed by atoms with Gasteiger partial charge in [0.1, 0.15) is 5.82 Å². The van der Waals surface area contributed by atoms with Crippen LogP contribution in [-0.2, 0) is 16.4 Å². The van der Waals surface area contributed by atoms with Crippen LogP contribution in [0.1, 0.15) is 63.6 Å². The number of hydrogen-bond acceptors (Lipinski definition) is 4. The molecule has 0 bridgehead atoms. The normalized spacial score (nSPS) is 18.5. The maximum absolute atomic E-state index is 11.8. The minimum Gasteiger partial charge on any atom is -0.362 e. The molecule has 6 nitrogen and oxygen atoms in total. The summed E-state index contributed by atoms with van der Waals surface area (Å²) < 4.78 is 25.7. The number of aromatic nitrogens is 2. The molecular formula is C21H34N4O2S2. The van der Waals surface area contributed by atoms with E-state index >= 15 is 0 Å². The molecule has 2 heterocycles. The number of nitrogens with one attached hydrogen (secondary N) is 1. The first-order valence-corrected chi connectivity index (χ1v) is 13.1. The molecule has 0 amide bonds. The fraction of sp³-hybridized carbons (Fsp3) is 0.714. The lowest BCUT2D eigenvalue weighted by Gasteiger charge is -2.34. The van der Waals surface area contributed by atoms with Crippen LogP contribution in [0.3, 0.4) is 0 Å². The summed E-state index contributed by atoms with van der Waals surface area (Å²) in [4.78, 5) is 6.79. The standard InChI is InChI=1S/C21H34N4O2S2/c1-2-29(26,27)17-16-24-15-12-22-20(24)19-9-13-25(14-10-19)21(28)23-11-8-18-6-4-3-5-7-18/h6,12,15,19H,2-5,7-11,13-14,16-17H2,1H3,(H,23,28). The first kappa shape index (κ1) is 22.3. The zero-order valence-electron chi connectivity index (χ0n) is 17.5. The van der Waals surface area contributed by atoms with Gasteiger partial charge in [-0.05, 0) is 57.2 Å². The van der Waals surface area contributed by atoms with Crippen LogP contribution in [0, 0.1) is 0 Å². The highest BCUT2D eigenvalue weighted by Gasteiger charge is 2.25. The minimum absolute atomic E-state index is 0.177. The summed E-state index contributed by atoms with van der Waals surface area (Å²) in [6.07, 6.45) is 14.3. The van der Waals surface area contributed by atoms with Gasteiger partial charge in [0.2, 0.25) is 0 Å². The number of piperidine rings is 1. The molecule has 2 aliphatic rings. The number of aryl methyl sites for hydroxylation is 1. The maximum atomic E-state index is 11.8. The van der Waals surface area contributed by atoms with E-state index in [1.54, 1.807) is 18.7 Å². The summed E-state index contributed by atoms with van der Waals surface area (Å²) >= 11 is 5.61. The van der Waals surface area contributed by atoms with E-state index in [1.807, 2.05) is 10.8 Å². The van der Waals surface area contributed by atoms with Gasteiger partial charge in [-0.25, -0.2) is 13.4 Å². The Morgan fingerprint density at radius 1 is 1.31 bits per heavy atom. The number of thiocarbonyl (C=S) groups is 1. The van der Waals surface area contributed by atoms with E-state index in [2.05, 4.69) is 21.3 Å². The smallest absolute Gasteiger partial charge is 0.168 e. The largest absolute Gasteiger partial charge is 0.362 e. The van der Waals surface area contributed by atoms with Crippen LogP contribution in [0.15, 0.2) is 24.0 Å². The number of rotatable bonds is 8. The predicted molar refractivity (Wildman–Crippen MR) is 122 cm³/mol. The minimum atomic E-state index is -2.97. The molecule has 1 aliphatic heterocycles. The van der Waals surface area contributed by atoms with Crippen molar-refractivity contribution in [3.63, 3.8) is 0 Å². The van der Waals surface area contributed by atoms with Gasteiger partial charge in [0.25, 0.3) is 0 Å². The van der Waals surface area contributed by atoms with Gasteiger partial charge in [-0.1, -0.05) is 18.6 Å². The van der Waals surface area contributed by atoms with E-state index in [9.17, 15) is 8.42 Å². The third-order valence-electron chi connectivity index (χ3n) is 6.09. The quantitative estimate of drug-likeness (QED) is 0.496. The molecule has 162 valence electrons. The number of nitrogens with zero attached hydrogens (tertiary/aromatic N) is 3. The third kappa shape index (κ3) is 6.54. The lowest BCUT2D eigenvalue weighted by molar-refractivity contribution is 0.300. The Morgan fingerprint density at radius 3 is 2.79 bits per heavy atom. The van der Waals surface area contributed by atoms with Gasteiger partial charge in [-0.3, -0.25) is 0 Å². The zero-order valence-corrected chi connectivity index (χ0v) is 19.1. The van der Waals surface area contributed by atoms with E-state index in [0.29, 0.717) is 12.5 Å². The molecule has 1 aromatic heterocycles. The first-order chi connectivity index (χ1) is 14.0. The number of sulfone groups is 1. The maximum Gasteiger partial charge on any atom is 0.168 e. The van der Waals surface area contributed by atoms with Crippen molar-refractivity contribution in [2.75, 3.05) is 31.1 Å². The lowest BCUT2D eigenvalue weighted by Crippen LogP contribution is -2.44. The van der Waals surface area contributed by atoms with Crippen LogP contribution in [0.2, 0.25) is 0 Å². The highest BCUT2D eigenvalue weighted by molar-refractivity contribution is 7.91. The van der Waals surface area contributed by atoms with Crippen LogP contribution in [-0.4, -0.2) is 59.1 Å². The van der Waals surface area contributed by atoms with Crippen LogP contribution < -0.4 is 5.32 Å². The molecule has 1 saturated heterocycles. The average molecular weight is 439 g/mol. The van der Waals surface area contributed by atoms with Crippen LogP contribution in [0.5, 0.6) is 0 Å². The van der Waals surface area contributed by atoms with Gasteiger partial charge >= 0.3 is 0 Å². The molecule has 0 spiro atoms. The van der Waals surface area contributed by atoms with Gasteiger partial charge in [0, 0.05) is 50.2 Å². The summed E-state index contributed by atoms with van der Waals surface area (Å²) in [5.41, 5.74) is 1.57. The topological polar surface area (TPSA) is 67.2 Å². The van der Waals surface area contributed by atoms with Crippen molar-refractivity contribution in [3.8, 4) is 0 Å². The Morgan fingerprint density at radius 2 is 2.10 bits per heavy atom. The van der Waals surface area contributed by atoms with Gasteiger partial charge < -0.3 is 14.8 Å². The molecule has 0 unspecified atom stereocenters. The molecule has 1 N–H and O–H groups in total. The van der Waals surface area contributed by atoms with E-state index in [4.69, 9.17) is 12.2 Å². The van der Waals surface area contributed by atoms with Crippen molar-refractivity contribution in [2.24, 2.45) is 0 Å². The third-order valence-corrected chi connectivity index (χ3v) is 8.17. The summed E-state index contributed by atoms with van der Waals surface area (Å²) in [5, 5.41) is 4.29. The second-order valence-electron chi connectivity index (χ2n) is 8.07. The second-order valence-corrected chi connectivity index (χ2v) is 10.9. The Labute approximate surface area is 180 Å². The number of allylic oxidation sites excluding steroid dienone is 1. The Bertz CT molecular complexity index is 808. The van der Waals surface area contributed by atoms with Crippen molar-refractivity contribution in [3.05, 3.63) is 29.9 Å². The summed E-state index contributed by atoms with van der Waals surface area (Å²) in [6, 6.07) is 0. The van der Waals surface area contributed by atoms with Crippen molar-refractivity contribution in [1.82, 2.24) is 19.8 Å². The Balaban J connectivity index is 1.44. The van der Waals surface area contributed by atoms with E-state index in [1.165, 1.54) is 25.7 Å². The van der Waals surface area contributed by atoms with Crippen molar-refractivity contribution >= 4 is 27.2 Å². The number of imidazole rings is 1. The van der Waals surface area contributed by atoms with Gasteiger partial charge in [-0.2, -0.15) is 0 Å². The van der Waals surface area contributed by atoms with E-state index in [-0.39, 0.29) is 11.5 Å². The Kier molecular flexibility index (Phi) is 8.12. The second kappa shape index (κ2) is 10.6. The summed E-state index contributed by atoms with van der Waals surface area (Å²) in [5.74, 6) is 1.74. The summed E-state index contributed by atoms with van der Waals surface area (Å²) in [7, 11) is -2.97. The monoisotopic (exact) mass is 438 g/mol. The molecule has 0 atom stereocenters. The number of hydrogen-bond donors (Lipinski definition) is 1. The van der Waals surface area contributed by atoms with Crippen LogP contribution in [0.25, 0.3) is 0 Å². The zero-order chi connectivity index (χ0) is 20.7. The molecule has 0 saturated carbocycles. The van der Waals surface area contributed by atoms with E-state index < -0.39 is 9.84 Å². The fourth-order valence-electron chi connectivity index (χ4n) is 4.17. The molecule has 8 heteroatoms.